The maximum atomic E-state index is 11.0. The summed E-state index contributed by atoms with van der Waals surface area (Å²) in [7, 11) is 0. The van der Waals surface area contributed by atoms with Crippen LogP contribution in [-0.2, 0) is 0 Å². The predicted molar refractivity (Wildman–Crippen MR) is 78.1 cm³/mol. The van der Waals surface area contributed by atoms with Gasteiger partial charge in [0.25, 0.3) is 0 Å². The molecule has 1 saturated heterocycles. The van der Waals surface area contributed by atoms with Gasteiger partial charge in [-0.2, -0.15) is 0 Å². The number of unbranched alkanes of at least 4 members (excludes halogenated alkanes) is 1. The molecule has 0 radical (unpaired) electrons. The molecule has 2 atom stereocenters. The van der Waals surface area contributed by atoms with Gasteiger partial charge in [-0.1, -0.05) is 38.8 Å². The van der Waals surface area contributed by atoms with Gasteiger partial charge in [0.2, 0.25) is 0 Å². The Morgan fingerprint density at radius 3 is 2.63 bits per heavy atom. The highest BCUT2D eigenvalue weighted by Crippen LogP contribution is 2.13. The lowest BCUT2D eigenvalue weighted by atomic mass is 10.00. The average molecular weight is 264 g/mol. The lowest BCUT2D eigenvalue weighted by Crippen LogP contribution is -2.60. The van der Waals surface area contributed by atoms with Gasteiger partial charge < -0.3 is 21.7 Å². The molecule has 0 saturated carbocycles. The second kappa shape index (κ2) is 8.37. The summed E-state index contributed by atoms with van der Waals surface area (Å²) in [5, 5.41) is 8.51. The van der Waals surface area contributed by atoms with Crippen molar-refractivity contribution in [2.45, 2.75) is 32.9 Å². The highest BCUT2D eigenvalue weighted by molar-refractivity contribution is 5.75. The highest BCUT2D eigenvalue weighted by Gasteiger charge is 2.27. The number of urea groups is 1. The summed E-state index contributed by atoms with van der Waals surface area (Å²) in [6, 6.07) is -0.209. The van der Waals surface area contributed by atoms with E-state index in [4.69, 9.17) is 5.73 Å². The molecule has 1 fully saturated rings. The van der Waals surface area contributed by atoms with Gasteiger partial charge >= 0.3 is 6.03 Å². The number of nitrogens with two attached hydrogens (primary N) is 1. The van der Waals surface area contributed by atoms with Gasteiger partial charge in [-0.05, 0) is 12.2 Å². The Bertz CT molecular complexity index is 372. The Kier molecular flexibility index (Phi) is 6.74. The van der Waals surface area contributed by atoms with Crippen LogP contribution in [0, 0.1) is 5.92 Å². The quantitative estimate of drug-likeness (QED) is 0.611. The van der Waals surface area contributed by atoms with E-state index in [1.54, 1.807) is 0 Å². The SMILES string of the molecule is CCCC.NC1NC(=O)NCC1C1=CC=CC=CN1. The topological polar surface area (TPSA) is 79.2 Å². The smallest absolute Gasteiger partial charge is 0.316 e. The van der Waals surface area contributed by atoms with Crippen molar-refractivity contribution in [2.75, 3.05) is 6.54 Å². The zero-order chi connectivity index (χ0) is 14.1. The fraction of sp³-hybridized carbons (Fsp3) is 0.500. The van der Waals surface area contributed by atoms with E-state index < -0.39 is 0 Å². The Labute approximate surface area is 115 Å². The lowest BCUT2D eigenvalue weighted by Gasteiger charge is -2.31. The molecule has 5 N–H and O–H groups in total. The Hall–Kier alpha value is -1.75. The predicted octanol–water partition coefficient (Wildman–Crippen LogP) is 1.56. The zero-order valence-electron chi connectivity index (χ0n) is 11.6. The van der Waals surface area contributed by atoms with Crippen LogP contribution in [0.25, 0.3) is 0 Å². The number of amides is 2. The molecule has 2 heterocycles. The summed E-state index contributed by atoms with van der Waals surface area (Å²) in [4.78, 5) is 11.0. The molecule has 0 spiro atoms. The van der Waals surface area contributed by atoms with Crippen molar-refractivity contribution in [3.05, 3.63) is 36.2 Å². The standard InChI is InChI=1S/C10H14N4O.C4H10/c11-9-7(6-13-10(15)14-9)8-4-2-1-3-5-12-8;1-3-4-2/h1-5,7,9,12H,6,11H2,(H2,13,14,15);3-4H2,1-2H3. The van der Waals surface area contributed by atoms with Gasteiger partial charge in [0, 0.05) is 24.4 Å². The van der Waals surface area contributed by atoms with E-state index in [9.17, 15) is 4.79 Å². The van der Waals surface area contributed by atoms with E-state index in [1.165, 1.54) is 12.8 Å². The monoisotopic (exact) mass is 264 g/mol. The molecule has 19 heavy (non-hydrogen) atoms. The van der Waals surface area contributed by atoms with Crippen LogP contribution in [0.4, 0.5) is 4.79 Å². The number of rotatable bonds is 2. The molecule has 2 unspecified atom stereocenters. The fourth-order valence-electron chi connectivity index (χ4n) is 1.64. The first kappa shape index (κ1) is 15.3. The Balaban J connectivity index is 0.000000399. The van der Waals surface area contributed by atoms with E-state index in [1.807, 2.05) is 30.5 Å². The number of nitrogens with one attached hydrogen (secondary N) is 3. The fourth-order valence-corrected chi connectivity index (χ4v) is 1.64. The van der Waals surface area contributed by atoms with Gasteiger partial charge in [0.15, 0.2) is 0 Å². The first-order valence-corrected chi connectivity index (χ1v) is 6.78. The number of allylic oxidation sites excluding steroid dienone is 4. The van der Waals surface area contributed by atoms with Crippen molar-refractivity contribution in [1.29, 1.82) is 0 Å². The van der Waals surface area contributed by atoms with Crippen molar-refractivity contribution < 1.29 is 4.79 Å². The number of hydrogen-bond acceptors (Lipinski definition) is 3. The first-order chi connectivity index (χ1) is 9.19. The summed E-state index contributed by atoms with van der Waals surface area (Å²) in [6.45, 7) is 4.91. The minimum Gasteiger partial charge on any atom is -0.365 e. The van der Waals surface area contributed by atoms with Gasteiger partial charge in [0.05, 0.1) is 6.17 Å². The normalized spacial score (nSPS) is 25.0. The zero-order valence-corrected chi connectivity index (χ0v) is 11.6. The van der Waals surface area contributed by atoms with Gasteiger partial charge in [0.1, 0.15) is 0 Å². The van der Waals surface area contributed by atoms with Crippen LogP contribution in [0.5, 0.6) is 0 Å². The van der Waals surface area contributed by atoms with Crippen LogP contribution >= 0.6 is 0 Å². The highest BCUT2D eigenvalue weighted by atomic mass is 16.2. The van der Waals surface area contributed by atoms with Gasteiger partial charge in [-0.25, -0.2) is 4.79 Å². The van der Waals surface area contributed by atoms with Gasteiger partial charge in [-0.15, -0.1) is 0 Å². The van der Waals surface area contributed by atoms with Crippen LogP contribution < -0.4 is 21.7 Å². The van der Waals surface area contributed by atoms with Crippen LogP contribution in [-0.4, -0.2) is 18.7 Å². The summed E-state index contributed by atoms with van der Waals surface area (Å²) >= 11 is 0. The maximum Gasteiger partial charge on any atom is 0.316 e. The van der Waals surface area contributed by atoms with Crippen LogP contribution in [0.15, 0.2) is 36.2 Å². The van der Waals surface area contributed by atoms with Crippen molar-refractivity contribution in [3.63, 3.8) is 0 Å². The van der Waals surface area contributed by atoms with E-state index in [0.717, 1.165) is 5.70 Å². The molecule has 0 aliphatic carbocycles. The van der Waals surface area contributed by atoms with Crippen molar-refractivity contribution in [1.82, 2.24) is 16.0 Å². The van der Waals surface area contributed by atoms with E-state index in [2.05, 4.69) is 29.8 Å². The molecule has 5 heteroatoms. The summed E-state index contributed by atoms with van der Waals surface area (Å²) in [6.07, 6.45) is 11.9. The molecule has 0 aromatic heterocycles. The third kappa shape index (κ3) is 5.18. The maximum absolute atomic E-state index is 11.0. The van der Waals surface area contributed by atoms with Crippen LogP contribution in [0.1, 0.15) is 26.7 Å². The average Bonchev–Trinajstić information content (AvgIpc) is 2.68. The van der Waals surface area contributed by atoms with Crippen molar-refractivity contribution in [3.8, 4) is 0 Å². The molecule has 106 valence electrons. The largest absolute Gasteiger partial charge is 0.365 e. The second-order valence-corrected chi connectivity index (χ2v) is 4.50. The molecular weight excluding hydrogens is 240 g/mol. The van der Waals surface area contributed by atoms with Crippen molar-refractivity contribution in [2.24, 2.45) is 11.7 Å². The Morgan fingerprint density at radius 2 is 2.00 bits per heavy atom. The molecule has 0 bridgehead atoms. The number of carbonyl (C=O) groups excluding carboxylic acids is 1. The van der Waals surface area contributed by atoms with Crippen LogP contribution in [0.3, 0.4) is 0 Å². The molecule has 2 rings (SSSR count). The Morgan fingerprint density at radius 1 is 1.26 bits per heavy atom. The molecule has 2 aliphatic rings. The minimum atomic E-state index is -0.350. The summed E-state index contributed by atoms with van der Waals surface area (Å²) in [5.74, 6) is 0.0649. The lowest BCUT2D eigenvalue weighted by molar-refractivity contribution is 0.219. The van der Waals surface area contributed by atoms with Crippen molar-refractivity contribution >= 4 is 6.03 Å². The molecule has 2 aliphatic heterocycles. The minimum absolute atomic E-state index is 0.0649. The molecule has 0 aromatic carbocycles. The third-order valence-corrected chi connectivity index (χ3v) is 2.96. The molecule has 5 nitrogen and oxygen atoms in total. The third-order valence-electron chi connectivity index (χ3n) is 2.96. The summed E-state index contributed by atoms with van der Waals surface area (Å²) in [5.41, 5.74) is 6.85. The number of hydrogen-bond donors (Lipinski definition) is 4. The van der Waals surface area contributed by atoms with Gasteiger partial charge in [-0.3, -0.25) is 0 Å². The summed E-state index contributed by atoms with van der Waals surface area (Å²) < 4.78 is 0. The molecular formula is C14H24N4O. The van der Waals surface area contributed by atoms with Crippen LogP contribution in [0.2, 0.25) is 0 Å². The van der Waals surface area contributed by atoms with E-state index in [-0.39, 0.29) is 18.1 Å². The molecule has 0 aromatic rings. The van der Waals surface area contributed by atoms with E-state index >= 15 is 0 Å². The first-order valence-electron chi connectivity index (χ1n) is 6.78. The second-order valence-electron chi connectivity index (χ2n) is 4.50. The van der Waals surface area contributed by atoms with E-state index in [0.29, 0.717) is 6.54 Å². The molecule has 2 amide bonds. The number of carbonyl (C=O) groups is 1.